The van der Waals surface area contributed by atoms with Crippen LogP contribution in [0.5, 0.6) is 0 Å². The maximum atomic E-state index is 2.33. The highest BCUT2D eigenvalue weighted by Crippen LogP contribution is 2.31. The molecule has 58 valence electrons. The first-order chi connectivity index (χ1) is 5.95. The quantitative estimate of drug-likeness (QED) is 0.518. The van der Waals surface area contributed by atoms with Gasteiger partial charge in [-0.2, -0.15) is 0 Å². The second kappa shape index (κ2) is 2.01. The third-order valence-corrected chi connectivity index (χ3v) is 2.43. The fourth-order valence-corrected chi connectivity index (χ4v) is 1.87. The Morgan fingerprint density at radius 3 is 2.75 bits per heavy atom. The number of hydrogen-bond acceptors (Lipinski definition) is 1. The second-order valence-corrected chi connectivity index (χ2v) is 3.15. The Bertz CT molecular complexity index is 364. The Hall–Kier alpha value is -1.50. The Morgan fingerprint density at radius 2 is 1.75 bits per heavy atom. The lowest BCUT2D eigenvalue weighted by Crippen LogP contribution is -2.28. The van der Waals surface area contributed by atoms with Gasteiger partial charge >= 0.3 is 0 Å². The van der Waals surface area contributed by atoms with Gasteiger partial charge in [0.1, 0.15) is 0 Å². The number of nitrogens with zero attached hydrogens (tertiary/aromatic N) is 1. The Labute approximate surface area is 71.7 Å². The third kappa shape index (κ3) is 0.632. The summed E-state index contributed by atoms with van der Waals surface area (Å²) in [5.74, 6) is 0. The van der Waals surface area contributed by atoms with Gasteiger partial charge in [0, 0.05) is 11.4 Å². The van der Waals surface area contributed by atoms with Crippen molar-refractivity contribution in [1.29, 1.82) is 0 Å². The van der Waals surface area contributed by atoms with E-state index in [9.17, 15) is 0 Å². The highest BCUT2D eigenvalue weighted by molar-refractivity contribution is 5.47. The Kier molecular flexibility index (Phi) is 1.01. The lowest BCUT2D eigenvalue weighted by Gasteiger charge is -2.30. The van der Waals surface area contributed by atoms with Crippen LogP contribution in [0.2, 0.25) is 0 Å². The molecule has 0 aliphatic carbocycles. The minimum absolute atomic E-state index is 0.459. The Balaban J connectivity index is 2.20. The van der Waals surface area contributed by atoms with Gasteiger partial charge in [0.05, 0.1) is 6.04 Å². The van der Waals surface area contributed by atoms with Crippen molar-refractivity contribution in [2.24, 2.45) is 0 Å². The SMILES string of the molecule is C1=CC2=CC=CC3C=CC(=C1)N23. The molecule has 3 aliphatic heterocycles. The number of rotatable bonds is 0. The molecular formula is C11H9N. The summed E-state index contributed by atoms with van der Waals surface area (Å²) in [5.41, 5.74) is 2.60. The summed E-state index contributed by atoms with van der Waals surface area (Å²) in [5, 5.41) is 0. The minimum Gasteiger partial charge on any atom is -0.331 e. The summed E-state index contributed by atoms with van der Waals surface area (Å²) in [6, 6.07) is 0.459. The molecule has 0 aromatic carbocycles. The van der Waals surface area contributed by atoms with Crippen LogP contribution in [0.15, 0.2) is 60.0 Å². The van der Waals surface area contributed by atoms with Crippen LogP contribution in [0.3, 0.4) is 0 Å². The molecule has 1 atom stereocenters. The summed E-state index contributed by atoms with van der Waals surface area (Å²) < 4.78 is 0. The summed E-state index contributed by atoms with van der Waals surface area (Å²) in [6.07, 6.45) is 17.3. The monoisotopic (exact) mass is 155 g/mol. The number of hydrogen-bond donors (Lipinski definition) is 0. The molecule has 0 aromatic heterocycles. The largest absolute Gasteiger partial charge is 0.331 e. The van der Waals surface area contributed by atoms with E-state index in [0.29, 0.717) is 6.04 Å². The van der Waals surface area contributed by atoms with Crippen molar-refractivity contribution >= 4 is 0 Å². The van der Waals surface area contributed by atoms with E-state index >= 15 is 0 Å². The first-order valence-electron chi connectivity index (χ1n) is 4.19. The fraction of sp³-hybridized carbons (Fsp3) is 0.0909. The van der Waals surface area contributed by atoms with Crippen LogP contribution in [0.1, 0.15) is 0 Å². The molecule has 1 unspecified atom stereocenters. The predicted octanol–water partition coefficient (Wildman–Crippen LogP) is 2.13. The smallest absolute Gasteiger partial charge is 0.0713 e. The van der Waals surface area contributed by atoms with E-state index in [2.05, 4.69) is 53.5 Å². The zero-order valence-corrected chi connectivity index (χ0v) is 6.64. The van der Waals surface area contributed by atoms with Crippen LogP contribution in [0.25, 0.3) is 0 Å². The molecule has 0 saturated carbocycles. The summed E-state index contributed by atoms with van der Waals surface area (Å²) in [6.45, 7) is 0. The van der Waals surface area contributed by atoms with E-state index in [4.69, 9.17) is 0 Å². The van der Waals surface area contributed by atoms with Gasteiger partial charge in [-0.1, -0.05) is 24.3 Å². The molecule has 0 radical (unpaired) electrons. The van der Waals surface area contributed by atoms with E-state index in [1.165, 1.54) is 11.4 Å². The van der Waals surface area contributed by atoms with Crippen LogP contribution in [0, 0.1) is 0 Å². The summed E-state index contributed by atoms with van der Waals surface area (Å²) >= 11 is 0. The predicted molar refractivity (Wildman–Crippen MR) is 49.2 cm³/mol. The van der Waals surface area contributed by atoms with Crippen LogP contribution < -0.4 is 0 Å². The molecule has 0 N–H and O–H groups in total. The Morgan fingerprint density at radius 1 is 0.917 bits per heavy atom. The zero-order valence-electron chi connectivity index (χ0n) is 6.64. The van der Waals surface area contributed by atoms with Crippen molar-refractivity contribution in [2.45, 2.75) is 6.04 Å². The third-order valence-electron chi connectivity index (χ3n) is 2.43. The molecule has 0 aromatic rings. The zero-order chi connectivity index (χ0) is 7.97. The molecule has 3 heterocycles. The van der Waals surface area contributed by atoms with Crippen molar-refractivity contribution < 1.29 is 0 Å². The standard InChI is InChI=1S/C11H9N/c1-3-9-4-2-6-11-8-7-10(5-1)12(9)11/h1-8,10H. The van der Waals surface area contributed by atoms with Crippen molar-refractivity contribution in [2.75, 3.05) is 0 Å². The maximum Gasteiger partial charge on any atom is 0.0713 e. The van der Waals surface area contributed by atoms with Crippen molar-refractivity contribution in [1.82, 2.24) is 4.90 Å². The molecule has 12 heavy (non-hydrogen) atoms. The van der Waals surface area contributed by atoms with Crippen LogP contribution in [-0.2, 0) is 0 Å². The van der Waals surface area contributed by atoms with E-state index in [1.54, 1.807) is 0 Å². The minimum atomic E-state index is 0.459. The van der Waals surface area contributed by atoms with Gasteiger partial charge in [-0.25, -0.2) is 0 Å². The highest BCUT2D eigenvalue weighted by Gasteiger charge is 2.25. The van der Waals surface area contributed by atoms with Crippen LogP contribution in [0.4, 0.5) is 0 Å². The molecule has 1 nitrogen and oxygen atoms in total. The summed E-state index contributed by atoms with van der Waals surface area (Å²) in [4.78, 5) is 2.33. The van der Waals surface area contributed by atoms with E-state index < -0.39 is 0 Å². The fourth-order valence-electron chi connectivity index (χ4n) is 1.87. The highest BCUT2D eigenvalue weighted by atomic mass is 15.2. The molecule has 3 rings (SSSR count). The van der Waals surface area contributed by atoms with Gasteiger partial charge < -0.3 is 4.90 Å². The van der Waals surface area contributed by atoms with Gasteiger partial charge in [-0.05, 0) is 24.3 Å². The van der Waals surface area contributed by atoms with Crippen molar-refractivity contribution in [3.05, 3.63) is 60.0 Å². The molecular weight excluding hydrogens is 146 g/mol. The van der Waals surface area contributed by atoms with E-state index in [1.807, 2.05) is 0 Å². The normalized spacial score (nSPS) is 28.7. The molecule has 0 bridgehead atoms. The van der Waals surface area contributed by atoms with Crippen molar-refractivity contribution in [3.63, 3.8) is 0 Å². The average Bonchev–Trinajstić information content (AvgIpc) is 2.52. The van der Waals surface area contributed by atoms with Gasteiger partial charge in [0.15, 0.2) is 0 Å². The molecule has 0 amide bonds. The lowest BCUT2D eigenvalue weighted by atomic mass is 10.1. The average molecular weight is 155 g/mol. The first-order valence-corrected chi connectivity index (χ1v) is 4.19. The second-order valence-electron chi connectivity index (χ2n) is 3.15. The van der Waals surface area contributed by atoms with Gasteiger partial charge in [0.25, 0.3) is 0 Å². The molecule has 3 aliphatic rings. The van der Waals surface area contributed by atoms with Crippen LogP contribution in [-0.4, -0.2) is 10.9 Å². The first kappa shape index (κ1) is 6.06. The number of allylic oxidation sites excluding steroid dienone is 6. The summed E-state index contributed by atoms with van der Waals surface area (Å²) in [7, 11) is 0. The lowest BCUT2D eigenvalue weighted by molar-refractivity contribution is 0.447. The van der Waals surface area contributed by atoms with E-state index in [0.717, 1.165) is 0 Å². The van der Waals surface area contributed by atoms with Crippen LogP contribution >= 0.6 is 0 Å². The maximum absolute atomic E-state index is 2.33. The van der Waals surface area contributed by atoms with Gasteiger partial charge in [0.2, 0.25) is 0 Å². The molecule has 0 saturated heterocycles. The molecule has 0 spiro atoms. The topological polar surface area (TPSA) is 3.24 Å². The molecule has 0 fully saturated rings. The van der Waals surface area contributed by atoms with Crippen molar-refractivity contribution in [3.8, 4) is 0 Å². The molecule has 1 heteroatoms. The van der Waals surface area contributed by atoms with E-state index in [-0.39, 0.29) is 0 Å². The van der Waals surface area contributed by atoms with Gasteiger partial charge in [-0.15, -0.1) is 0 Å². The van der Waals surface area contributed by atoms with Gasteiger partial charge in [-0.3, -0.25) is 0 Å².